The Hall–Kier alpha value is -1.20. The summed E-state index contributed by atoms with van der Waals surface area (Å²) in [5.41, 5.74) is 6.94. The summed E-state index contributed by atoms with van der Waals surface area (Å²) in [7, 11) is 0. The summed E-state index contributed by atoms with van der Waals surface area (Å²) < 4.78 is 0. The van der Waals surface area contributed by atoms with Crippen molar-refractivity contribution in [3.8, 4) is 0 Å². The number of rotatable bonds is 2. The predicted octanol–water partition coefficient (Wildman–Crippen LogP) is 0.642. The molecule has 1 aliphatic carbocycles. The summed E-state index contributed by atoms with van der Waals surface area (Å²) >= 11 is 0. The second kappa shape index (κ2) is 4.82. The predicted molar refractivity (Wildman–Crippen MR) is 69.4 cm³/mol. The van der Waals surface area contributed by atoms with E-state index in [-0.39, 0.29) is 6.10 Å². The fraction of sp³-hybridized carbons (Fsp3) is 0.692. The van der Waals surface area contributed by atoms with Crippen LogP contribution in [-0.2, 0) is 0 Å². The SMILES string of the molecule is NC1CC(c2cc(N3CCC(O)CC3)ncn2)C1. The van der Waals surface area contributed by atoms with Gasteiger partial charge in [0.05, 0.1) is 6.10 Å². The van der Waals surface area contributed by atoms with Crippen LogP contribution in [0.4, 0.5) is 5.82 Å². The molecule has 1 saturated carbocycles. The third kappa shape index (κ3) is 2.33. The Kier molecular flexibility index (Phi) is 3.18. The van der Waals surface area contributed by atoms with E-state index in [2.05, 4.69) is 20.9 Å². The molecule has 0 amide bonds. The molecule has 2 aliphatic rings. The van der Waals surface area contributed by atoms with E-state index >= 15 is 0 Å². The Morgan fingerprint density at radius 3 is 2.61 bits per heavy atom. The smallest absolute Gasteiger partial charge is 0.132 e. The summed E-state index contributed by atoms with van der Waals surface area (Å²) in [6.45, 7) is 1.75. The first-order valence-electron chi connectivity index (χ1n) is 6.73. The van der Waals surface area contributed by atoms with Gasteiger partial charge in [-0.25, -0.2) is 9.97 Å². The van der Waals surface area contributed by atoms with Crippen molar-refractivity contribution in [3.05, 3.63) is 18.1 Å². The van der Waals surface area contributed by atoms with Crippen molar-refractivity contribution >= 4 is 5.82 Å². The number of anilines is 1. The molecule has 0 spiro atoms. The third-order valence-electron chi connectivity index (χ3n) is 4.06. The number of aliphatic hydroxyl groups is 1. The molecular weight excluding hydrogens is 228 g/mol. The summed E-state index contributed by atoms with van der Waals surface area (Å²) in [6.07, 6.45) is 5.23. The second-order valence-corrected chi connectivity index (χ2v) is 5.45. The van der Waals surface area contributed by atoms with Gasteiger partial charge in [-0.15, -0.1) is 0 Å². The van der Waals surface area contributed by atoms with Crippen LogP contribution in [0.3, 0.4) is 0 Å². The van der Waals surface area contributed by atoms with Crippen LogP contribution in [0.1, 0.15) is 37.3 Å². The minimum Gasteiger partial charge on any atom is -0.393 e. The summed E-state index contributed by atoms with van der Waals surface area (Å²) in [4.78, 5) is 10.9. The average molecular weight is 248 g/mol. The third-order valence-corrected chi connectivity index (χ3v) is 4.06. The van der Waals surface area contributed by atoms with E-state index in [1.54, 1.807) is 6.33 Å². The van der Waals surface area contributed by atoms with Crippen LogP contribution < -0.4 is 10.6 Å². The Labute approximate surface area is 107 Å². The van der Waals surface area contributed by atoms with Gasteiger partial charge in [0.2, 0.25) is 0 Å². The standard InChI is InChI=1S/C13H20N4O/c14-10-5-9(6-10)12-7-13(16-8-15-12)17-3-1-11(18)2-4-17/h7-11,18H,1-6,14H2. The number of aromatic nitrogens is 2. The average Bonchev–Trinajstić information content (AvgIpc) is 2.36. The lowest BCUT2D eigenvalue weighted by molar-refractivity contribution is 0.145. The summed E-state index contributed by atoms with van der Waals surface area (Å²) in [6, 6.07) is 2.44. The molecule has 98 valence electrons. The van der Waals surface area contributed by atoms with Crippen molar-refractivity contribution in [3.63, 3.8) is 0 Å². The maximum Gasteiger partial charge on any atom is 0.132 e. The number of nitrogens with two attached hydrogens (primary N) is 1. The van der Waals surface area contributed by atoms with Crippen molar-refractivity contribution in [2.75, 3.05) is 18.0 Å². The van der Waals surface area contributed by atoms with Gasteiger partial charge in [0.1, 0.15) is 12.1 Å². The first-order valence-corrected chi connectivity index (χ1v) is 6.73. The van der Waals surface area contributed by atoms with Crippen molar-refractivity contribution in [2.24, 2.45) is 5.73 Å². The monoisotopic (exact) mass is 248 g/mol. The summed E-state index contributed by atoms with van der Waals surface area (Å²) in [5, 5.41) is 9.52. The fourth-order valence-electron chi connectivity index (χ4n) is 2.76. The highest BCUT2D eigenvalue weighted by Crippen LogP contribution is 2.35. The van der Waals surface area contributed by atoms with Gasteiger partial charge < -0.3 is 15.7 Å². The maximum atomic E-state index is 9.52. The highest BCUT2D eigenvalue weighted by molar-refractivity contribution is 5.40. The molecule has 0 atom stereocenters. The van der Waals surface area contributed by atoms with E-state index in [1.807, 2.05) is 0 Å². The number of piperidine rings is 1. The number of aliphatic hydroxyl groups excluding tert-OH is 1. The van der Waals surface area contributed by atoms with Gasteiger partial charge in [0.15, 0.2) is 0 Å². The zero-order valence-electron chi connectivity index (χ0n) is 10.5. The molecule has 1 aromatic rings. The first-order chi connectivity index (χ1) is 8.72. The van der Waals surface area contributed by atoms with Crippen LogP contribution in [0.2, 0.25) is 0 Å². The fourth-order valence-corrected chi connectivity index (χ4v) is 2.76. The quantitative estimate of drug-likeness (QED) is 0.803. The Bertz CT molecular complexity index is 411. The highest BCUT2D eigenvalue weighted by Gasteiger charge is 2.29. The minimum absolute atomic E-state index is 0.146. The lowest BCUT2D eigenvalue weighted by Gasteiger charge is -2.33. The van der Waals surface area contributed by atoms with Gasteiger partial charge in [0, 0.05) is 36.8 Å². The van der Waals surface area contributed by atoms with Gasteiger partial charge >= 0.3 is 0 Å². The Balaban J connectivity index is 1.71. The Morgan fingerprint density at radius 1 is 1.22 bits per heavy atom. The number of hydrogen-bond acceptors (Lipinski definition) is 5. The van der Waals surface area contributed by atoms with Crippen molar-refractivity contribution in [1.29, 1.82) is 0 Å². The van der Waals surface area contributed by atoms with Crippen LogP contribution in [0.5, 0.6) is 0 Å². The molecule has 3 rings (SSSR count). The van der Waals surface area contributed by atoms with Crippen molar-refractivity contribution < 1.29 is 5.11 Å². The topological polar surface area (TPSA) is 75.3 Å². The van der Waals surface area contributed by atoms with Gasteiger partial charge in [-0.2, -0.15) is 0 Å². The zero-order valence-corrected chi connectivity index (χ0v) is 10.5. The van der Waals surface area contributed by atoms with Gasteiger partial charge in [-0.1, -0.05) is 0 Å². The van der Waals surface area contributed by atoms with Crippen LogP contribution in [0.15, 0.2) is 12.4 Å². The molecule has 2 fully saturated rings. The normalized spacial score (nSPS) is 29.1. The minimum atomic E-state index is -0.146. The van der Waals surface area contributed by atoms with Gasteiger partial charge in [0.25, 0.3) is 0 Å². The van der Waals surface area contributed by atoms with Crippen molar-refractivity contribution in [2.45, 2.75) is 43.7 Å². The second-order valence-electron chi connectivity index (χ2n) is 5.45. The van der Waals surface area contributed by atoms with Crippen LogP contribution in [0, 0.1) is 0 Å². The molecule has 5 heteroatoms. The molecular formula is C13H20N4O. The molecule has 2 heterocycles. The van der Waals surface area contributed by atoms with Gasteiger partial charge in [-0.3, -0.25) is 0 Å². The van der Waals surface area contributed by atoms with Crippen LogP contribution in [-0.4, -0.2) is 40.3 Å². The largest absolute Gasteiger partial charge is 0.393 e. The number of nitrogens with zero attached hydrogens (tertiary/aromatic N) is 3. The van der Waals surface area contributed by atoms with E-state index in [0.29, 0.717) is 12.0 Å². The molecule has 0 aromatic carbocycles. The summed E-state index contributed by atoms with van der Waals surface area (Å²) in [5.74, 6) is 1.50. The van der Waals surface area contributed by atoms with E-state index in [0.717, 1.165) is 50.3 Å². The maximum absolute atomic E-state index is 9.52. The first kappa shape index (κ1) is 11.9. The molecule has 0 radical (unpaired) electrons. The molecule has 0 unspecified atom stereocenters. The van der Waals surface area contributed by atoms with E-state index < -0.39 is 0 Å². The van der Waals surface area contributed by atoms with Crippen LogP contribution >= 0.6 is 0 Å². The lowest BCUT2D eigenvalue weighted by atomic mass is 9.78. The van der Waals surface area contributed by atoms with E-state index in [9.17, 15) is 5.11 Å². The van der Waals surface area contributed by atoms with Crippen molar-refractivity contribution in [1.82, 2.24) is 9.97 Å². The van der Waals surface area contributed by atoms with Gasteiger partial charge in [-0.05, 0) is 25.7 Å². The lowest BCUT2D eigenvalue weighted by Crippen LogP contribution is -2.37. The molecule has 1 saturated heterocycles. The highest BCUT2D eigenvalue weighted by atomic mass is 16.3. The molecule has 1 aliphatic heterocycles. The zero-order chi connectivity index (χ0) is 12.5. The molecule has 5 nitrogen and oxygen atoms in total. The number of hydrogen-bond donors (Lipinski definition) is 2. The molecule has 3 N–H and O–H groups in total. The van der Waals surface area contributed by atoms with Crippen LogP contribution in [0.25, 0.3) is 0 Å². The van der Waals surface area contributed by atoms with E-state index in [1.165, 1.54) is 0 Å². The molecule has 18 heavy (non-hydrogen) atoms. The van der Waals surface area contributed by atoms with E-state index in [4.69, 9.17) is 5.73 Å². The Morgan fingerprint density at radius 2 is 1.94 bits per heavy atom. The molecule has 0 bridgehead atoms. The molecule has 1 aromatic heterocycles.